The second-order valence-corrected chi connectivity index (χ2v) is 6.52. The quantitative estimate of drug-likeness (QED) is 0.472. The highest BCUT2D eigenvalue weighted by Crippen LogP contribution is 2.36. The van der Waals surface area contributed by atoms with Crippen LogP contribution in [0.25, 0.3) is 34.0 Å². The third-order valence-electron chi connectivity index (χ3n) is 4.65. The van der Waals surface area contributed by atoms with Crippen molar-refractivity contribution in [3.05, 3.63) is 58.7 Å². The monoisotopic (exact) mass is 346 g/mol. The minimum absolute atomic E-state index is 0.0222. The van der Waals surface area contributed by atoms with Crippen molar-refractivity contribution in [2.24, 2.45) is 0 Å². The Morgan fingerprint density at radius 3 is 2.31 bits per heavy atom. The number of aryl methyl sites for hydroxylation is 3. The van der Waals surface area contributed by atoms with E-state index >= 15 is 0 Å². The van der Waals surface area contributed by atoms with Crippen LogP contribution in [-0.4, -0.2) is 15.9 Å². The van der Waals surface area contributed by atoms with Gasteiger partial charge in [-0.2, -0.15) is 4.98 Å². The minimum atomic E-state index is 0.0222. The zero-order valence-electron chi connectivity index (χ0n) is 15.1. The van der Waals surface area contributed by atoms with E-state index in [1.54, 1.807) is 12.1 Å². The number of rotatable bonds is 3. The Bertz CT molecular complexity index is 1130. The highest BCUT2D eigenvalue weighted by molar-refractivity contribution is 5.94. The van der Waals surface area contributed by atoms with Gasteiger partial charge in [0.25, 0.3) is 5.89 Å². The molecular weight excluding hydrogens is 328 g/mol. The molecule has 0 amide bonds. The molecule has 5 nitrogen and oxygen atoms in total. The summed E-state index contributed by atoms with van der Waals surface area (Å²) in [5.41, 5.74) is 5.49. The average Bonchev–Trinajstić information content (AvgIpc) is 3.24. The molecule has 0 unspecified atom stereocenters. The molecule has 2 aromatic carbocycles. The van der Waals surface area contributed by atoms with Gasteiger partial charge in [0.1, 0.15) is 5.58 Å². The lowest BCUT2D eigenvalue weighted by Crippen LogP contribution is -1.91. The van der Waals surface area contributed by atoms with Crippen LogP contribution in [0.2, 0.25) is 0 Å². The van der Waals surface area contributed by atoms with E-state index in [0.717, 1.165) is 33.2 Å². The second-order valence-electron chi connectivity index (χ2n) is 6.52. The lowest BCUT2D eigenvalue weighted by atomic mass is 10.0. The van der Waals surface area contributed by atoms with Gasteiger partial charge in [0.05, 0.1) is 0 Å². The molecule has 0 N–H and O–H groups in total. The van der Waals surface area contributed by atoms with Crippen LogP contribution in [0.4, 0.5) is 0 Å². The lowest BCUT2D eigenvalue weighted by Gasteiger charge is -1.98. The minimum Gasteiger partial charge on any atom is -0.450 e. The standard InChI is InChI=1S/C21H18N2O3/c1-11-5-6-12(2)18-17(11)13(3)19(25-18)21-22-20(23-26-21)16-9-7-15(8-10-16)14(4)24/h5-10H,1-4H3. The van der Waals surface area contributed by atoms with Crippen molar-refractivity contribution in [2.75, 3.05) is 0 Å². The van der Waals surface area contributed by atoms with Gasteiger partial charge >= 0.3 is 0 Å². The van der Waals surface area contributed by atoms with Gasteiger partial charge in [-0.1, -0.05) is 41.6 Å². The van der Waals surface area contributed by atoms with Crippen molar-refractivity contribution in [3.63, 3.8) is 0 Å². The van der Waals surface area contributed by atoms with Gasteiger partial charge < -0.3 is 8.94 Å². The van der Waals surface area contributed by atoms with Gasteiger partial charge in [0.2, 0.25) is 5.82 Å². The van der Waals surface area contributed by atoms with Crippen LogP contribution in [0.5, 0.6) is 0 Å². The fourth-order valence-electron chi connectivity index (χ4n) is 3.17. The summed E-state index contributed by atoms with van der Waals surface area (Å²) in [5, 5.41) is 5.15. The van der Waals surface area contributed by atoms with Gasteiger partial charge in [0.15, 0.2) is 11.5 Å². The number of fused-ring (bicyclic) bond motifs is 1. The molecule has 0 aliphatic carbocycles. The molecule has 4 rings (SSSR count). The second kappa shape index (κ2) is 5.95. The Hall–Kier alpha value is -3.21. The number of Topliss-reactive ketones (excluding diaryl/α,β-unsaturated/α-hetero) is 1. The van der Waals surface area contributed by atoms with Crippen LogP contribution in [0.15, 0.2) is 45.3 Å². The third kappa shape index (κ3) is 2.52. The molecule has 0 aliphatic heterocycles. The van der Waals surface area contributed by atoms with Gasteiger partial charge in [-0.25, -0.2) is 0 Å². The summed E-state index contributed by atoms with van der Waals surface area (Å²) < 4.78 is 11.5. The Morgan fingerprint density at radius 1 is 0.962 bits per heavy atom. The zero-order valence-corrected chi connectivity index (χ0v) is 15.1. The van der Waals surface area contributed by atoms with Crippen molar-refractivity contribution >= 4 is 16.8 Å². The van der Waals surface area contributed by atoms with Crippen LogP contribution < -0.4 is 0 Å². The number of hydrogen-bond donors (Lipinski definition) is 0. The van der Waals surface area contributed by atoms with E-state index in [1.807, 2.05) is 32.0 Å². The largest absolute Gasteiger partial charge is 0.450 e. The first kappa shape index (κ1) is 16.3. The van der Waals surface area contributed by atoms with Crippen LogP contribution in [0.3, 0.4) is 0 Å². The number of nitrogens with zero attached hydrogens (tertiary/aromatic N) is 2. The fraction of sp³-hybridized carbons (Fsp3) is 0.190. The van der Waals surface area contributed by atoms with Crippen molar-refractivity contribution in [1.82, 2.24) is 10.1 Å². The summed E-state index contributed by atoms with van der Waals surface area (Å²) in [6.07, 6.45) is 0. The molecule has 0 spiro atoms. The van der Waals surface area contributed by atoms with E-state index < -0.39 is 0 Å². The molecule has 0 bridgehead atoms. The molecule has 5 heteroatoms. The number of hydrogen-bond acceptors (Lipinski definition) is 5. The maximum Gasteiger partial charge on any atom is 0.294 e. The SMILES string of the molecule is CC(=O)c1ccc(-c2noc(-c3oc4c(C)ccc(C)c4c3C)n2)cc1. The van der Waals surface area contributed by atoms with Gasteiger partial charge in [-0.3, -0.25) is 4.79 Å². The summed E-state index contributed by atoms with van der Waals surface area (Å²) in [4.78, 5) is 15.9. The first-order chi connectivity index (χ1) is 12.5. The van der Waals surface area contributed by atoms with Crippen molar-refractivity contribution in [1.29, 1.82) is 0 Å². The van der Waals surface area contributed by atoms with Crippen LogP contribution in [0, 0.1) is 20.8 Å². The molecule has 130 valence electrons. The van der Waals surface area contributed by atoms with E-state index in [1.165, 1.54) is 6.92 Å². The maximum absolute atomic E-state index is 11.4. The molecule has 2 heterocycles. The molecule has 4 aromatic rings. The van der Waals surface area contributed by atoms with Crippen LogP contribution in [-0.2, 0) is 0 Å². The van der Waals surface area contributed by atoms with Gasteiger partial charge in [-0.05, 0) is 38.8 Å². The van der Waals surface area contributed by atoms with Crippen molar-refractivity contribution in [2.45, 2.75) is 27.7 Å². The van der Waals surface area contributed by atoms with E-state index in [0.29, 0.717) is 23.0 Å². The molecule has 0 saturated heterocycles. The zero-order chi connectivity index (χ0) is 18.4. The highest BCUT2D eigenvalue weighted by atomic mass is 16.5. The summed E-state index contributed by atoms with van der Waals surface area (Å²) in [6.45, 7) is 7.61. The topological polar surface area (TPSA) is 69.1 Å². The first-order valence-electron chi connectivity index (χ1n) is 8.40. The smallest absolute Gasteiger partial charge is 0.294 e. The molecule has 0 aliphatic rings. The van der Waals surface area contributed by atoms with Crippen molar-refractivity contribution < 1.29 is 13.7 Å². The maximum atomic E-state index is 11.4. The number of ketones is 1. The molecular formula is C21H18N2O3. The van der Waals surface area contributed by atoms with E-state index in [4.69, 9.17) is 8.94 Å². The van der Waals surface area contributed by atoms with E-state index in [2.05, 4.69) is 23.1 Å². The number of carbonyl (C=O) groups excluding carboxylic acids is 1. The third-order valence-corrected chi connectivity index (χ3v) is 4.65. The molecule has 2 aromatic heterocycles. The van der Waals surface area contributed by atoms with Crippen LogP contribution >= 0.6 is 0 Å². The normalized spacial score (nSPS) is 11.2. The molecule has 0 fully saturated rings. The Labute approximate surface area is 150 Å². The number of benzene rings is 2. The first-order valence-corrected chi connectivity index (χ1v) is 8.40. The molecule has 0 saturated carbocycles. The fourth-order valence-corrected chi connectivity index (χ4v) is 3.17. The predicted octanol–water partition coefficient (Wildman–Crippen LogP) is 5.28. The summed E-state index contributed by atoms with van der Waals surface area (Å²) in [7, 11) is 0. The summed E-state index contributed by atoms with van der Waals surface area (Å²) in [5.74, 6) is 1.43. The van der Waals surface area contributed by atoms with E-state index in [9.17, 15) is 4.79 Å². The number of aromatic nitrogens is 2. The Morgan fingerprint density at radius 2 is 1.65 bits per heavy atom. The van der Waals surface area contributed by atoms with Crippen LogP contribution in [0.1, 0.15) is 34.0 Å². The summed E-state index contributed by atoms with van der Waals surface area (Å²) >= 11 is 0. The number of furan rings is 1. The summed E-state index contributed by atoms with van der Waals surface area (Å²) in [6, 6.07) is 11.3. The lowest BCUT2D eigenvalue weighted by molar-refractivity contribution is 0.101. The number of carbonyl (C=O) groups is 1. The average molecular weight is 346 g/mol. The van der Waals surface area contributed by atoms with Crippen molar-refractivity contribution in [3.8, 4) is 23.0 Å². The van der Waals surface area contributed by atoms with Gasteiger partial charge in [-0.15, -0.1) is 0 Å². The van der Waals surface area contributed by atoms with Gasteiger partial charge in [0, 0.05) is 22.1 Å². The predicted molar refractivity (Wildman–Crippen MR) is 99.2 cm³/mol. The Kier molecular flexibility index (Phi) is 3.72. The Balaban J connectivity index is 1.78. The molecule has 26 heavy (non-hydrogen) atoms. The highest BCUT2D eigenvalue weighted by Gasteiger charge is 2.21. The molecule has 0 radical (unpaired) electrons. The van der Waals surface area contributed by atoms with E-state index in [-0.39, 0.29) is 5.78 Å². The molecule has 0 atom stereocenters.